The van der Waals surface area contributed by atoms with Crippen molar-refractivity contribution in [2.75, 3.05) is 13.6 Å². The molecule has 2 heterocycles. The van der Waals surface area contributed by atoms with Crippen molar-refractivity contribution in [2.24, 2.45) is 5.41 Å². The number of aryl methyl sites for hydroxylation is 1. The summed E-state index contributed by atoms with van der Waals surface area (Å²) in [5, 5.41) is 6.14. The molecule has 0 saturated carbocycles. The predicted molar refractivity (Wildman–Crippen MR) is 117 cm³/mol. The highest BCUT2D eigenvalue weighted by atomic mass is 16.2. The first-order valence-corrected chi connectivity index (χ1v) is 10.6. The van der Waals surface area contributed by atoms with E-state index in [0.717, 1.165) is 23.5 Å². The highest BCUT2D eigenvalue weighted by Gasteiger charge is 2.40. The number of imidazole rings is 1. The molecule has 1 fully saturated rings. The molecule has 1 aromatic carbocycles. The number of rotatable bonds is 6. The molecule has 2 atom stereocenters. The Morgan fingerprint density at radius 2 is 1.93 bits per heavy atom. The van der Waals surface area contributed by atoms with Crippen LogP contribution in [0.1, 0.15) is 45.0 Å². The quantitative estimate of drug-likeness (QED) is 0.765. The van der Waals surface area contributed by atoms with Gasteiger partial charge in [0.15, 0.2) is 0 Å². The maximum atomic E-state index is 13.1. The average molecular weight is 412 g/mol. The molecule has 1 aliphatic rings. The van der Waals surface area contributed by atoms with E-state index in [1.807, 2.05) is 62.7 Å². The molecule has 0 spiro atoms. The Bertz CT molecular complexity index is 882. The van der Waals surface area contributed by atoms with Crippen molar-refractivity contribution >= 4 is 11.8 Å². The molecule has 1 aliphatic heterocycles. The Hall–Kier alpha value is -2.67. The zero-order chi connectivity index (χ0) is 21.9. The van der Waals surface area contributed by atoms with Gasteiger partial charge in [-0.25, -0.2) is 4.98 Å². The maximum Gasteiger partial charge on any atom is 0.243 e. The summed E-state index contributed by atoms with van der Waals surface area (Å²) in [4.78, 5) is 31.9. The second-order valence-electron chi connectivity index (χ2n) is 9.01. The van der Waals surface area contributed by atoms with Crippen molar-refractivity contribution in [3.05, 3.63) is 48.0 Å². The van der Waals surface area contributed by atoms with Crippen LogP contribution in [0.4, 0.5) is 0 Å². The Morgan fingerprint density at radius 3 is 2.50 bits per heavy atom. The van der Waals surface area contributed by atoms with E-state index in [9.17, 15) is 9.59 Å². The predicted octanol–water partition coefficient (Wildman–Crippen LogP) is 2.42. The van der Waals surface area contributed by atoms with E-state index in [-0.39, 0.29) is 23.3 Å². The van der Waals surface area contributed by atoms with Crippen LogP contribution in [0.25, 0.3) is 5.69 Å². The summed E-state index contributed by atoms with van der Waals surface area (Å²) in [6.45, 7) is 9.13. The van der Waals surface area contributed by atoms with Crippen LogP contribution in [0.15, 0.2) is 36.7 Å². The minimum absolute atomic E-state index is 0.00250. The summed E-state index contributed by atoms with van der Waals surface area (Å²) in [5.41, 5.74) is 1.83. The van der Waals surface area contributed by atoms with E-state index in [1.165, 1.54) is 0 Å². The molecule has 7 nitrogen and oxygen atoms in total. The molecule has 162 valence electrons. The summed E-state index contributed by atoms with van der Waals surface area (Å²) in [6, 6.07) is 7.32. The standard InChI is InChI=1S/C23H33N5O2/c1-16-25-12-14-27(16)18-10-8-17(9-11-18)15-26-21(29)19-7-6-13-28(19)22(30)20(24-5)23(2,3)4/h8-12,14,19-20,24H,6-7,13,15H2,1-5H3,(H,26,29). The van der Waals surface area contributed by atoms with Crippen molar-refractivity contribution in [2.45, 2.75) is 59.2 Å². The van der Waals surface area contributed by atoms with Gasteiger partial charge in [-0.15, -0.1) is 0 Å². The van der Waals surface area contributed by atoms with Crippen LogP contribution in [-0.2, 0) is 16.1 Å². The Balaban J connectivity index is 1.61. The van der Waals surface area contributed by atoms with E-state index in [0.29, 0.717) is 19.5 Å². The van der Waals surface area contributed by atoms with Gasteiger partial charge in [0, 0.05) is 31.2 Å². The largest absolute Gasteiger partial charge is 0.350 e. The SMILES string of the molecule is CNC(C(=O)N1CCCC1C(=O)NCc1ccc(-n2ccnc2C)cc1)C(C)(C)C. The summed E-state index contributed by atoms with van der Waals surface area (Å²) < 4.78 is 2.01. The molecule has 0 radical (unpaired) electrons. The van der Waals surface area contributed by atoms with Crippen LogP contribution in [0.3, 0.4) is 0 Å². The van der Waals surface area contributed by atoms with Crippen LogP contribution in [-0.4, -0.2) is 51.9 Å². The second-order valence-corrected chi connectivity index (χ2v) is 9.01. The van der Waals surface area contributed by atoms with Gasteiger partial charge in [0.05, 0.1) is 6.04 Å². The molecule has 1 aromatic heterocycles. The van der Waals surface area contributed by atoms with Gasteiger partial charge in [-0.2, -0.15) is 0 Å². The number of nitrogens with zero attached hydrogens (tertiary/aromatic N) is 3. The third-order valence-corrected chi connectivity index (χ3v) is 5.75. The third kappa shape index (κ3) is 4.73. The van der Waals surface area contributed by atoms with Gasteiger partial charge in [0.25, 0.3) is 0 Å². The van der Waals surface area contributed by atoms with E-state index in [4.69, 9.17) is 0 Å². The number of likely N-dealkylation sites (tertiary alicyclic amines) is 1. The molecular weight excluding hydrogens is 378 g/mol. The molecule has 2 N–H and O–H groups in total. The number of amides is 2. The smallest absolute Gasteiger partial charge is 0.243 e. The van der Waals surface area contributed by atoms with E-state index in [2.05, 4.69) is 15.6 Å². The molecule has 7 heteroatoms. The number of likely N-dealkylation sites (N-methyl/N-ethyl adjacent to an activating group) is 1. The fourth-order valence-electron chi connectivity index (χ4n) is 4.13. The Kier molecular flexibility index (Phi) is 6.61. The zero-order valence-corrected chi connectivity index (χ0v) is 18.6. The number of hydrogen-bond acceptors (Lipinski definition) is 4. The molecular formula is C23H33N5O2. The van der Waals surface area contributed by atoms with Gasteiger partial charge >= 0.3 is 0 Å². The molecule has 0 bridgehead atoms. The molecule has 1 saturated heterocycles. The first-order valence-electron chi connectivity index (χ1n) is 10.6. The van der Waals surface area contributed by atoms with Gasteiger partial charge in [-0.1, -0.05) is 32.9 Å². The van der Waals surface area contributed by atoms with E-state index in [1.54, 1.807) is 18.1 Å². The monoisotopic (exact) mass is 411 g/mol. The minimum Gasteiger partial charge on any atom is -0.350 e. The van der Waals surface area contributed by atoms with Crippen LogP contribution in [0, 0.1) is 12.3 Å². The molecule has 2 aromatic rings. The van der Waals surface area contributed by atoms with Crippen molar-refractivity contribution in [3.8, 4) is 5.69 Å². The fourth-order valence-corrected chi connectivity index (χ4v) is 4.13. The van der Waals surface area contributed by atoms with E-state index >= 15 is 0 Å². The van der Waals surface area contributed by atoms with Gasteiger partial charge < -0.3 is 20.1 Å². The number of carbonyl (C=O) groups excluding carboxylic acids is 2. The van der Waals surface area contributed by atoms with Gasteiger partial charge in [0.1, 0.15) is 11.9 Å². The third-order valence-electron chi connectivity index (χ3n) is 5.75. The normalized spacial score (nSPS) is 17.8. The molecule has 30 heavy (non-hydrogen) atoms. The average Bonchev–Trinajstić information content (AvgIpc) is 3.35. The Labute approximate surface area is 178 Å². The van der Waals surface area contributed by atoms with Crippen LogP contribution < -0.4 is 10.6 Å². The van der Waals surface area contributed by atoms with E-state index < -0.39 is 6.04 Å². The lowest BCUT2D eigenvalue weighted by Crippen LogP contribution is -2.55. The van der Waals surface area contributed by atoms with Crippen molar-refractivity contribution in [3.63, 3.8) is 0 Å². The first-order chi connectivity index (χ1) is 14.2. The number of benzene rings is 1. The zero-order valence-electron chi connectivity index (χ0n) is 18.6. The van der Waals surface area contributed by atoms with Gasteiger partial charge in [-0.05, 0) is 49.9 Å². The highest BCUT2D eigenvalue weighted by molar-refractivity contribution is 5.90. The maximum absolute atomic E-state index is 13.1. The number of nitrogens with one attached hydrogen (secondary N) is 2. The Morgan fingerprint density at radius 1 is 1.23 bits per heavy atom. The molecule has 3 rings (SSSR count). The van der Waals surface area contributed by atoms with Gasteiger partial charge in [0.2, 0.25) is 11.8 Å². The fraction of sp³-hybridized carbons (Fsp3) is 0.522. The van der Waals surface area contributed by atoms with Crippen LogP contribution in [0.2, 0.25) is 0 Å². The first kappa shape index (κ1) is 22.0. The summed E-state index contributed by atoms with van der Waals surface area (Å²) in [5.74, 6) is 0.846. The summed E-state index contributed by atoms with van der Waals surface area (Å²) >= 11 is 0. The second kappa shape index (κ2) is 9.00. The van der Waals surface area contributed by atoms with Crippen LogP contribution >= 0.6 is 0 Å². The topological polar surface area (TPSA) is 79.3 Å². The van der Waals surface area contributed by atoms with Crippen LogP contribution in [0.5, 0.6) is 0 Å². The van der Waals surface area contributed by atoms with Crippen molar-refractivity contribution in [1.29, 1.82) is 0 Å². The van der Waals surface area contributed by atoms with Crippen molar-refractivity contribution in [1.82, 2.24) is 25.1 Å². The molecule has 0 aliphatic carbocycles. The molecule has 2 amide bonds. The number of carbonyl (C=O) groups is 2. The molecule has 2 unspecified atom stereocenters. The summed E-state index contributed by atoms with van der Waals surface area (Å²) in [7, 11) is 1.80. The van der Waals surface area contributed by atoms with Crippen molar-refractivity contribution < 1.29 is 9.59 Å². The van der Waals surface area contributed by atoms with Gasteiger partial charge in [-0.3, -0.25) is 9.59 Å². The minimum atomic E-state index is -0.399. The highest BCUT2D eigenvalue weighted by Crippen LogP contribution is 2.25. The number of hydrogen-bond donors (Lipinski definition) is 2. The number of aromatic nitrogens is 2. The lowest BCUT2D eigenvalue weighted by atomic mass is 9.86. The lowest BCUT2D eigenvalue weighted by molar-refractivity contribution is -0.142. The summed E-state index contributed by atoms with van der Waals surface area (Å²) in [6.07, 6.45) is 5.25. The lowest BCUT2D eigenvalue weighted by Gasteiger charge is -2.34.